The van der Waals surface area contributed by atoms with E-state index in [4.69, 9.17) is 0 Å². The highest BCUT2D eigenvalue weighted by Crippen LogP contribution is 2.21. The van der Waals surface area contributed by atoms with Gasteiger partial charge in [-0.25, -0.2) is 8.42 Å². The Kier molecular flexibility index (Phi) is 8.50. The highest BCUT2D eigenvalue weighted by molar-refractivity contribution is 7.89. The zero-order valence-electron chi connectivity index (χ0n) is 19.3. The number of sulfonamides is 1. The third-order valence-corrected chi connectivity index (χ3v) is 8.67. The van der Waals surface area contributed by atoms with Crippen LogP contribution in [0.2, 0.25) is 0 Å². The number of hydrogen-bond donors (Lipinski definition) is 0. The number of carbonyl (C=O) groups is 1. The summed E-state index contributed by atoms with van der Waals surface area (Å²) in [6.45, 7) is 5.90. The molecule has 0 N–H and O–H groups in total. The van der Waals surface area contributed by atoms with E-state index >= 15 is 0 Å². The molecular formula is C23H38N4O3S. The van der Waals surface area contributed by atoms with Crippen LogP contribution in [-0.2, 0) is 14.8 Å². The molecule has 1 aliphatic carbocycles. The maximum absolute atomic E-state index is 12.8. The molecule has 0 spiro atoms. The molecular weight excluding hydrogens is 412 g/mol. The summed E-state index contributed by atoms with van der Waals surface area (Å²) in [5.74, 6) is 0.104. The number of carbonyl (C=O) groups excluding carboxylic acids is 1. The second-order valence-corrected chi connectivity index (χ2v) is 11.0. The third kappa shape index (κ3) is 6.51. The van der Waals surface area contributed by atoms with Crippen LogP contribution in [0.4, 0.5) is 0 Å². The van der Waals surface area contributed by atoms with Crippen molar-refractivity contribution < 1.29 is 13.2 Å². The molecule has 1 saturated heterocycles. The van der Waals surface area contributed by atoms with Crippen LogP contribution < -0.4 is 0 Å². The van der Waals surface area contributed by atoms with Gasteiger partial charge in [0, 0.05) is 52.4 Å². The van der Waals surface area contributed by atoms with Gasteiger partial charge in [0.05, 0.1) is 11.4 Å². The minimum atomic E-state index is -3.47. The van der Waals surface area contributed by atoms with Crippen LogP contribution in [0.15, 0.2) is 29.2 Å². The van der Waals surface area contributed by atoms with Gasteiger partial charge >= 0.3 is 0 Å². The van der Waals surface area contributed by atoms with Crippen molar-refractivity contribution in [1.82, 2.24) is 19.0 Å². The molecule has 0 atom stereocenters. The average Bonchev–Trinajstić information content (AvgIpc) is 2.78. The summed E-state index contributed by atoms with van der Waals surface area (Å²) in [7, 11) is 0.569. The molecule has 1 heterocycles. The van der Waals surface area contributed by atoms with Crippen LogP contribution in [0.1, 0.15) is 37.7 Å². The Hall–Kier alpha value is -1.48. The maximum Gasteiger partial charge on any atom is 0.243 e. The summed E-state index contributed by atoms with van der Waals surface area (Å²) in [6.07, 6.45) is 6.51. The van der Waals surface area contributed by atoms with Gasteiger partial charge in [0.25, 0.3) is 0 Å². The molecule has 2 aliphatic rings. The molecule has 1 aromatic rings. The second kappa shape index (κ2) is 10.9. The van der Waals surface area contributed by atoms with Crippen molar-refractivity contribution in [3.05, 3.63) is 29.8 Å². The Labute approximate surface area is 188 Å². The molecule has 31 heavy (non-hydrogen) atoms. The first-order valence-corrected chi connectivity index (χ1v) is 12.9. The molecule has 0 aromatic heterocycles. The molecule has 2 fully saturated rings. The Balaban J connectivity index is 1.42. The smallest absolute Gasteiger partial charge is 0.243 e. The van der Waals surface area contributed by atoms with Gasteiger partial charge in [-0.1, -0.05) is 37.0 Å². The first kappa shape index (κ1) is 24.2. The van der Waals surface area contributed by atoms with Crippen molar-refractivity contribution in [2.45, 2.75) is 50.0 Å². The number of benzene rings is 1. The quantitative estimate of drug-likeness (QED) is 0.606. The van der Waals surface area contributed by atoms with E-state index in [1.807, 2.05) is 31.0 Å². The molecule has 174 valence electrons. The minimum Gasteiger partial charge on any atom is -0.343 e. The van der Waals surface area contributed by atoms with Crippen LogP contribution >= 0.6 is 0 Å². The molecule has 1 aromatic carbocycles. The topological polar surface area (TPSA) is 64.2 Å². The molecule has 0 unspecified atom stereocenters. The van der Waals surface area contributed by atoms with Gasteiger partial charge < -0.3 is 9.80 Å². The first-order chi connectivity index (χ1) is 14.8. The van der Waals surface area contributed by atoms with Gasteiger partial charge in [0.2, 0.25) is 15.9 Å². The molecule has 1 amide bonds. The number of nitrogens with zero attached hydrogens (tertiary/aromatic N) is 4. The number of likely N-dealkylation sites (N-methyl/N-ethyl adjacent to an activating group) is 2. The van der Waals surface area contributed by atoms with Crippen molar-refractivity contribution in [2.24, 2.45) is 0 Å². The van der Waals surface area contributed by atoms with Crippen LogP contribution in [-0.4, -0.2) is 99.3 Å². The average molecular weight is 451 g/mol. The molecule has 0 bridgehead atoms. The first-order valence-electron chi connectivity index (χ1n) is 11.5. The Morgan fingerprint density at radius 1 is 0.968 bits per heavy atom. The predicted octanol–water partition coefficient (Wildman–Crippen LogP) is 2.02. The Bertz CT molecular complexity index is 814. The summed E-state index contributed by atoms with van der Waals surface area (Å²) in [4.78, 5) is 19.3. The van der Waals surface area contributed by atoms with Gasteiger partial charge in [-0.3, -0.25) is 9.69 Å². The fraction of sp³-hybridized carbons (Fsp3) is 0.696. The third-order valence-electron chi connectivity index (χ3n) is 6.76. The van der Waals surface area contributed by atoms with Gasteiger partial charge in [-0.15, -0.1) is 0 Å². The van der Waals surface area contributed by atoms with Gasteiger partial charge in [-0.05, 0) is 38.9 Å². The fourth-order valence-electron chi connectivity index (χ4n) is 4.44. The van der Waals surface area contributed by atoms with E-state index in [1.54, 1.807) is 12.1 Å². The van der Waals surface area contributed by atoms with Crippen molar-refractivity contribution in [2.75, 3.05) is 59.9 Å². The zero-order valence-corrected chi connectivity index (χ0v) is 20.1. The highest BCUT2D eigenvalue weighted by atomic mass is 32.2. The van der Waals surface area contributed by atoms with Crippen molar-refractivity contribution in [3.8, 4) is 0 Å². The number of rotatable bonds is 8. The second-order valence-electron chi connectivity index (χ2n) is 9.08. The maximum atomic E-state index is 12.8. The number of hydrogen-bond acceptors (Lipinski definition) is 5. The normalized spacial score (nSPS) is 19.6. The molecule has 7 nitrogen and oxygen atoms in total. The summed E-state index contributed by atoms with van der Waals surface area (Å²) in [6, 6.07) is 7.63. The zero-order chi connectivity index (χ0) is 22.4. The lowest BCUT2D eigenvalue weighted by Crippen LogP contribution is -2.51. The van der Waals surface area contributed by atoms with Crippen molar-refractivity contribution in [1.29, 1.82) is 0 Å². The van der Waals surface area contributed by atoms with E-state index in [1.165, 1.54) is 36.4 Å². The lowest BCUT2D eigenvalue weighted by atomic mass is 9.94. The van der Waals surface area contributed by atoms with Crippen LogP contribution in [0.25, 0.3) is 0 Å². The van der Waals surface area contributed by atoms with Crippen LogP contribution in [0, 0.1) is 6.92 Å². The van der Waals surface area contributed by atoms with E-state index in [-0.39, 0.29) is 5.91 Å². The van der Waals surface area contributed by atoms with E-state index in [9.17, 15) is 13.2 Å². The van der Waals surface area contributed by atoms with E-state index in [0.717, 1.165) is 18.7 Å². The summed E-state index contributed by atoms with van der Waals surface area (Å²) >= 11 is 0. The SMILES string of the molecule is Cc1ccc(S(=O)(=O)N2CCN(CC(=O)N(C)CCN(C)C3CCCCC3)CC2)cc1. The van der Waals surface area contributed by atoms with Crippen LogP contribution in [0.5, 0.6) is 0 Å². The van der Waals surface area contributed by atoms with Gasteiger partial charge in [-0.2, -0.15) is 4.31 Å². The summed E-state index contributed by atoms with van der Waals surface area (Å²) in [5, 5.41) is 0. The molecule has 0 radical (unpaired) electrons. The fourth-order valence-corrected chi connectivity index (χ4v) is 5.86. The molecule has 8 heteroatoms. The summed E-state index contributed by atoms with van der Waals surface area (Å²) < 4.78 is 27.2. The highest BCUT2D eigenvalue weighted by Gasteiger charge is 2.29. The molecule has 1 aliphatic heterocycles. The lowest BCUT2D eigenvalue weighted by molar-refractivity contribution is -0.131. The molecule has 1 saturated carbocycles. The Morgan fingerprint density at radius 3 is 2.19 bits per heavy atom. The number of aryl methyl sites for hydroxylation is 1. The minimum absolute atomic E-state index is 0.104. The predicted molar refractivity (Wildman–Crippen MR) is 124 cm³/mol. The number of piperazine rings is 1. The van der Waals surface area contributed by atoms with Crippen molar-refractivity contribution >= 4 is 15.9 Å². The van der Waals surface area contributed by atoms with Crippen molar-refractivity contribution in [3.63, 3.8) is 0 Å². The Morgan fingerprint density at radius 2 is 1.58 bits per heavy atom. The van der Waals surface area contributed by atoms with Gasteiger partial charge in [0.15, 0.2) is 0 Å². The summed E-state index contributed by atoms with van der Waals surface area (Å²) in [5.41, 5.74) is 1.04. The number of amides is 1. The largest absolute Gasteiger partial charge is 0.343 e. The van der Waals surface area contributed by atoms with E-state index in [0.29, 0.717) is 43.7 Å². The van der Waals surface area contributed by atoms with E-state index < -0.39 is 10.0 Å². The van der Waals surface area contributed by atoms with Gasteiger partial charge in [0.1, 0.15) is 0 Å². The van der Waals surface area contributed by atoms with Crippen LogP contribution in [0.3, 0.4) is 0 Å². The monoisotopic (exact) mass is 450 g/mol. The van der Waals surface area contributed by atoms with E-state index in [2.05, 4.69) is 16.8 Å². The lowest BCUT2D eigenvalue weighted by Gasteiger charge is -2.35. The standard InChI is InChI=1S/C23H38N4O3S/c1-20-9-11-22(12-10-20)31(29,30)27-17-15-26(16-18-27)19-23(28)25(3)14-13-24(2)21-7-5-4-6-8-21/h9-12,21H,4-8,13-19H2,1-3H3. The molecule has 3 rings (SSSR count).